The van der Waals surface area contributed by atoms with Crippen molar-refractivity contribution in [2.24, 2.45) is 0 Å². The first-order chi connectivity index (χ1) is 11.0. The maximum Gasteiger partial charge on any atom is 0.328 e. The van der Waals surface area contributed by atoms with Gasteiger partial charge in [0.15, 0.2) is 6.04 Å². The van der Waals surface area contributed by atoms with E-state index in [1.165, 1.54) is 58.3 Å². The van der Waals surface area contributed by atoms with Crippen molar-refractivity contribution < 1.29 is 19.8 Å². The monoisotopic (exact) mass is 329 g/mol. The van der Waals surface area contributed by atoms with Gasteiger partial charge in [-0.15, -0.1) is 0 Å². The Morgan fingerprint density at radius 1 is 0.870 bits per heavy atom. The summed E-state index contributed by atoms with van der Waals surface area (Å²) in [6.07, 6.45) is 12.6. The molecule has 0 saturated carbocycles. The van der Waals surface area contributed by atoms with Gasteiger partial charge in [0.25, 0.3) is 0 Å². The molecule has 0 aliphatic rings. The molecule has 0 aromatic rings. The molecule has 0 rings (SSSR count). The van der Waals surface area contributed by atoms with Crippen molar-refractivity contribution in [3.63, 3.8) is 0 Å². The number of hydrogen-bond donors (Lipinski definition) is 3. The zero-order chi connectivity index (χ0) is 17.5. The predicted octanol–water partition coefficient (Wildman–Crippen LogP) is 3.64. The van der Waals surface area contributed by atoms with E-state index in [1.807, 2.05) is 0 Å². The molecule has 0 aliphatic carbocycles. The molecule has 0 heterocycles. The van der Waals surface area contributed by atoms with Crippen LogP contribution in [0.3, 0.4) is 0 Å². The van der Waals surface area contributed by atoms with Gasteiger partial charge in [-0.3, -0.25) is 4.79 Å². The first-order valence-electron chi connectivity index (χ1n) is 9.19. The minimum atomic E-state index is -1.21. The lowest BCUT2D eigenvalue weighted by Crippen LogP contribution is -2.47. The fraction of sp³-hybridized carbons (Fsp3) is 0.889. The Morgan fingerprint density at radius 2 is 1.30 bits per heavy atom. The van der Waals surface area contributed by atoms with Gasteiger partial charge in [-0.1, -0.05) is 71.1 Å². The van der Waals surface area contributed by atoms with Gasteiger partial charge in [0, 0.05) is 6.42 Å². The highest BCUT2D eigenvalue weighted by Crippen LogP contribution is 2.12. The summed E-state index contributed by atoms with van der Waals surface area (Å²) >= 11 is 0. The molecule has 1 amide bonds. The second-order valence-electron chi connectivity index (χ2n) is 6.41. The van der Waals surface area contributed by atoms with Crippen molar-refractivity contribution in [2.45, 2.75) is 103 Å². The molecule has 3 N–H and O–H groups in total. The van der Waals surface area contributed by atoms with Gasteiger partial charge in [-0.05, 0) is 13.3 Å². The number of amides is 1. The van der Waals surface area contributed by atoms with Crippen LogP contribution < -0.4 is 5.32 Å². The van der Waals surface area contributed by atoms with Crippen molar-refractivity contribution in [1.82, 2.24) is 5.32 Å². The molecule has 0 bridgehead atoms. The molecule has 0 aromatic carbocycles. The van der Waals surface area contributed by atoms with Crippen LogP contribution in [0.4, 0.5) is 0 Å². The van der Waals surface area contributed by atoms with Crippen LogP contribution in [-0.4, -0.2) is 34.2 Å². The molecule has 0 saturated heterocycles. The molecule has 136 valence electrons. The van der Waals surface area contributed by atoms with E-state index in [9.17, 15) is 14.7 Å². The SMILES string of the molecule is CCCCCCCCCCCCCC(=O)N[C@H](C(=O)O)C(C)O. The van der Waals surface area contributed by atoms with E-state index in [-0.39, 0.29) is 5.91 Å². The summed E-state index contributed by atoms with van der Waals surface area (Å²) < 4.78 is 0. The smallest absolute Gasteiger partial charge is 0.328 e. The van der Waals surface area contributed by atoms with E-state index in [0.717, 1.165) is 19.3 Å². The highest BCUT2D eigenvalue weighted by atomic mass is 16.4. The van der Waals surface area contributed by atoms with Crippen LogP contribution in [0, 0.1) is 0 Å². The summed E-state index contributed by atoms with van der Waals surface area (Å²) in [6, 6.07) is -1.21. The lowest BCUT2D eigenvalue weighted by Gasteiger charge is -2.16. The molecular weight excluding hydrogens is 294 g/mol. The Bertz CT molecular complexity index is 318. The summed E-state index contributed by atoms with van der Waals surface area (Å²) in [5.74, 6) is -1.50. The van der Waals surface area contributed by atoms with E-state index in [1.54, 1.807) is 0 Å². The summed E-state index contributed by atoms with van der Waals surface area (Å²) in [5.41, 5.74) is 0. The van der Waals surface area contributed by atoms with Gasteiger partial charge in [0.1, 0.15) is 0 Å². The lowest BCUT2D eigenvalue weighted by atomic mass is 10.1. The van der Waals surface area contributed by atoms with Gasteiger partial charge in [0.2, 0.25) is 5.91 Å². The first kappa shape index (κ1) is 21.9. The second-order valence-corrected chi connectivity index (χ2v) is 6.41. The molecule has 2 atom stereocenters. The standard InChI is InChI=1S/C18H35NO4/c1-3-4-5-6-7-8-9-10-11-12-13-14-16(21)19-17(15(2)20)18(22)23/h15,17,20H,3-14H2,1-2H3,(H,19,21)(H,22,23)/t15?,17-/m0/s1. The Kier molecular flexibility index (Phi) is 13.8. The third-order valence-electron chi connectivity index (χ3n) is 4.07. The number of rotatable bonds is 15. The van der Waals surface area contributed by atoms with Gasteiger partial charge in [0.05, 0.1) is 6.10 Å². The normalized spacial score (nSPS) is 13.5. The van der Waals surface area contributed by atoms with E-state index in [2.05, 4.69) is 12.2 Å². The number of unbranched alkanes of at least 4 members (excludes halogenated alkanes) is 10. The van der Waals surface area contributed by atoms with Crippen LogP contribution in [0.5, 0.6) is 0 Å². The highest BCUT2D eigenvalue weighted by molar-refractivity contribution is 5.83. The average Bonchev–Trinajstić information content (AvgIpc) is 2.49. The van der Waals surface area contributed by atoms with E-state index >= 15 is 0 Å². The molecule has 0 radical (unpaired) electrons. The fourth-order valence-electron chi connectivity index (χ4n) is 2.58. The largest absolute Gasteiger partial charge is 0.480 e. The summed E-state index contributed by atoms with van der Waals surface area (Å²) in [4.78, 5) is 22.5. The number of carbonyl (C=O) groups is 2. The predicted molar refractivity (Wildman–Crippen MR) is 92.3 cm³/mol. The van der Waals surface area contributed by atoms with Crippen LogP contribution in [-0.2, 0) is 9.59 Å². The van der Waals surface area contributed by atoms with Crippen molar-refractivity contribution in [3.05, 3.63) is 0 Å². The number of aliphatic hydroxyl groups is 1. The van der Waals surface area contributed by atoms with Crippen molar-refractivity contribution in [3.8, 4) is 0 Å². The van der Waals surface area contributed by atoms with Crippen LogP contribution in [0.15, 0.2) is 0 Å². The van der Waals surface area contributed by atoms with E-state index in [0.29, 0.717) is 6.42 Å². The molecule has 5 nitrogen and oxygen atoms in total. The minimum Gasteiger partial charge on any atom is -0.480 e. The van der Waals surface area contributed by atoms with Crippen molar-refractivity contribution >= 4 is 11.9 Å². The quantitative estimate of drug-likeness (QED) is 0.400. The maximum absolute atomic E-state index is 11.6. The minimum absolute atomic E-state index is 0.297. The summed E-state index contributed by atoms with van der Waals surface area (Å²) in [7, 11) is 0. The average molecular weight is 329 g/mol. The summed E-state index contributed by atoms with van der Waals surface area (Å²) in [5, 5.41) is 20.5. The van der Waals surface area contributed by atoms with Crippen molar-refractivity contribution in [2.75, 3.05) is 0 Å². The number of carboxylic acid groups (broad SMARTS) is 1. The molecule has 1 unspecified atom stereocenters. The van der Waals surface area contributed by atoms with Gasteiger partial charge >= 0.3 is 5.97 Å². The first-order valence-corrected chi connectivity index (χ1v) is 9.19. The number of carbonyl (C=O) groups excluding carboxylic acids is 1. The summed E-state index contributed by atoms with van der Waals surface area (Å²) in [6.45, 7) is 3.59. The topological polar surface area (TPSA) is 86.6 Å². The van der Waals surface area contributed by atoms with Gasteiger partial charge in [-0.25, -0.2) is 4.79 Å². The Hall–Kier alpha value is -1.10. The third kappa shape index (κ3) is 13.1. The Morgan fingerprint density at radius 3 is 1.70 bits per heavy atom. The number of aliphatic carboxylic acids is 1. The Labute approximate surface area is 140 Å². The molecule has 0 fully saturated rings. The maximum atomic E-state index is 11.6. The molecule has 0 spiro atoms. The number of hydrogen-bond acceptors (Lipinski definition) is 3. The van der Waals surface area contributed by atoms with Crippen LogP contribution in [0.1, 0.15) is 90.9 Å². The molecule has 0 aliphatic heterocycles. The van der Waals surface area contributed by atoms with Crippen LogP contribution in [0.25, 0.3) is 0 Å². The van der Waals surface area contributed by atoms with Crippen molar-refractivity contribution in [1.29, 1.82) is 0 Å². The number of nitrogens with one attached hydrogen (secondary N) is 1. The molecule has 23 heavy (non-hydrogen) atoms. The van der Waals surface area contributed by atoms with Gasteiger partial charge in [-0.2, -0.15) is 0 Å². The van der Waals surface area contributed by atoms with Crippen LogP contribution in [0.2, 0.25) is 0 Å². The number of carboxylic acids is 1. The zero-order valence-corrected chi connectivity index (χ0v) is 14.9. The Balaban J connectivity index is 3.47. The molecule has 0 aromatic heterocycles. The highest BCUT2D eigenvalue weighted by Gasteiger charge is 2.24. The molecular formula is C18H35NO4. The lowest BCUT2D eigenvalue weighted by molar-refractivity contribution is -0.144. The zero-order valence-electron chi connectivity index (χ0n) is 14.9. The van der Waals surface area contributed by atoms with E-state index < -0.39 is 18.1 Å². The number of aliphatic hydroxyl groups excluding tert-OH is 1. The second kappa shape index (κ2) is 14.5. The third-order valence-corrected chi connectivity index (χ3v) is 4.07. The van der Waals surface area contributed by atoms with Crippen LogP contribution >= 0.6 is 0 Å². The molecule has 5 heteroatoms. The van der Waals surface area contributed by atoms with E-state index in [4.69, 9.17) is 5.11 Å². The fourth-order valence-corrected chi connectivity index (χ4v) is 2.58. The van der Waals surface area contributed by atoms with Gasteiger partial charge < -0.3 is 15.5 Å².